The van der Waals surface area contributed by atoms with E-state index >= 15 is 0 Å². The van der Waals surface area contributed by atoms with Crippen LogP contribution in [0.25, 0.3) is 0 Å². The van der Waals surface area contributed by atoms with E-state index in [1.165, 1.54) is 32.1 Å². The Labute approximate surface area is 141 Å². The van der Waals surface area contributed by atoms with Crippen LogP contribution in [0.1, 0.15) is 65.2 Å². The van der Waals surface area contributed by atoms with Crippen molar-refractivity contribution in [2.75, 3.05) is 13.2 Å². The van der Waals surface area contributed by atoms with Crippen LogP contribution in [0.15, 0.2) is 30.3 Å². The second kappa shape index (κ2) is 9.94. The van der Waals surface area contributed by atoms with Crippen molar-refractivity contribution in [3.63, 3.8) is 0 Å². The molecule has 0 N–H and O–H groups in total. The van der Waals surface area contributed by atoms with E-state index in [2.05, 4.69) is 13.8 Å². The minimum atomic E-state index is -0.540. The lowest BCUT2D eigenvalue weighted by atomic mass is 10.00. The SMILES string of the molecule is CCCCCCCCC1(Oc2ccccc2)CC(C)OCCO1. The predicted octanol–water partition coefficient (Wildman–Crippen LogP) is 5.34. The zero-order valence-electron chi connectivity index (χ0n) is 14.8. The normalized spacial score (nSPS) is 25.0. The van der Waals surface area contributed by atoms with Crippen LogP contribution in [0, 0.1) is 0 Å². The molecule has 1 heterocycles. The first-order valence-corrected chi connectivity index (χ1v) is 9.24. The Morgan fingerprint density at radius 2 is 1.78 bits per heavy atom. The Bertz CT molecular complexity index is 420. The van der Waals surface area contributed by atoms with Crippen molar-refractivity contribution in [3.05, 3.63) is 30.3 Å². The molecule has 130 valence electrons. The van der Waals surface area contributed by atoms with E-state index < -0.39 is 5.79 Å². The lowest BCUT2D eigenvalue weighted by molar-refractivity contribution is -0.187. The van der Waals surface area contributed by atoms with Gasteiger partial charge in [-0.1, -0.05) is 57.2 Å². The van der Waals surface area contributed by atoms with E-state index in [1.54, 1.807) is 0 Å². The number of rotatable bonds is 9. The van der Waals surface area contributed by atoms with E-state index in [4.69, 9.17) is 14.2 Å². The minimum absolute atomic E-state index is 0.168. The van der Waals surface area contributed by atoms with Crippen LogP contribution in [0.2, 0.25) is 0 Å². The van der Waals surface area contributed by atoms with Gasteiger partial charge in [-0.3, -0.25) is 0 Å². The molecule has 1 aliphatic rings. The molecule has 2 unspecified atom stereocenters. The fourth-order valence-electron chi connectivity index (χ4n) is 3.21. The van der Waals surface area contributed by atoms with Gasteiger partial charge >= 0.3 is 0 Å². The molecule has 0 saturated carbocycles. The van der Waals surface area contributed by atoms with Crippen molar-refractivity contribution in [1.29, 1.82) is 0 Å². The van der Waals surface area contributed by atoms with Gasteiger partial charge in [-0.2, -0.15) is 0 Å². The molecule has 3 nitrogen and oxygen atoms in total. The third-order valence-electron chi connectivity index (χ3n) is 4.41. The molecule has 0 bridgehead atoms. The van der Waals surface area contributed by atoms with Gasteiger partial charge in [0.2, 0.25) is 5.79 Å². The van der Waals surface area contributed by atoms with Gasteiger partial charge in [0.1, 0.15) is 5.75 Å². The summed E-state index contributed by atoms with van der Waals surface area (Å²) >= 11 is 0. The topological polar surface area (TPSA) is 27.7 Å². The van der Waals surface area contributed by atoms with Gasteiger partial charge in [-0.15, -0.1) is 0 Å². The molecule has 2 rings (SSSR count). The first kappa shape index (κ1) is 18.3. The lowest BCUT2D eigenvalue weighted by Gasteiger charge is -2.34. The van der Waals surface area contributed by atoms with Gasteiger partial charge in [-0.25, -0.2) is 0 Å². The molecular weight excluding hydrogens is 288 g/mol. The molecule has 2 atom stereocenters. The highest BCUT2D eigenvalue weighted by atomic mass is 16.7. The van der Waals surface area contributed by atoms with Gasteiger partial charge in [-0.05, 0) is 25.5 Å². The Morgan fingerprint density at radius 1 is 1.04 bits per heavy atom. The van der Waals surface area contributed by atoms with Gasteiger partial charge in [0.15, 0.2) is 0 Å². The summed E-state index contributed by atoms with van der Waals surface area (Å²) in [5, 5.41) is 0. The average molecular weight is 320 g/mol. The minimum Gasteiger partial charge on any atom is -0.462 e. The third-order valence-corrected chi connectivity index (χ3v) is 4.41. The monoisotopic (exact) mass is 320 g/mol. The van der Waals surface area contributed by atoms with Crippen molar-refractivity contribution in [2.45, 2.75) is 77.1 Å². The number of hydrogen-bond donors (Lipinski definition) is 0. The number of hydrogen-bond acceptors (Lipinski definition) is 3. The second-order valence-corrected chi connectivity index (χ2v) is 6.58. The van der Waals surface area contributed by atoms with E-state index in [-0.39, 0.29) is 6.10 Å². The van der Waals surface area contributed by atoms with Gasteiger partial charge in [0.25, 0.3) is 0 Å². The van der Waals surface area contributed by atoms with E-state index in [1.807, 2.05) is 30.3 Å². The Kier molecular flexibility index (Phi) is 7.90. The average Bonchev–Trinajstić information content (AvgIpc) is 2.73. The fourth-order valence-corrected chi connectivity index (χ4v) is 3.21. The number of unbranched alkanes of at least 4 members (excludes halogenated alkanes) is 5. The van der Waals surface area contributed by atoms with Crippen molar-refractivity contribution < 1.29 is 14.2 Å². The summed E-state index contributed by atoms with van der Waals surface area (Å²) in [6.07, 6.45) is 9.55. The summed E-state index contributed by atoms with van der Waals surface area (Å²) < 4.78 is 18.2. The molecule has 0 aliphatic carbocycles. The molecule has 1 fully saturated rings. The van der Waals surface area contributed by atoms with Crippen LogP contribution in [0.5, 0.6) is 5.75 Å². The molecule has 1 aromatic rings. The number of para-hydroxylation sites is 1. The van der Waals surface area contributed by atoms with Crippen LogP contribution in [-0.4, -0.2) is 25.1 Å². The maximum absolute atomic E-state index is 6.32. The summed E-state index contributed by atoms with van der Waals surface area (Å²) in [6.45, 7) is 5.62. The van der Waals surface area contributed by atoms with Crippen molar-refractivity contribution in [1.82, 2.24) is 0 Å². The van der Waals surface area contributed by atoms with Crippen LogP contribution in [0.3, 0.4) is 0 Å². The summed E-state index contributed by atoms with van der Waals surface area (Å²) in [4.78, 5) is 0. The first-order chi connectivity index (χ1) is 11.2. The molecule has 0 aromatic heterocycles. The predicted molar refractivity (Wildman–Crippen MR) is 93.8 cm³/mol. The highest BCUT2D eigenvalue weighted by molar-refractivity contribution is 5.21. The third kappa shape index (κ3) is 6.52. The van der Waals surface area contributed by atoms with Crippen LogP contribution < -0.4 is 4.74 Å². The molecule has 0 spiro atoms. The summed E-state index contributed by atoms with van der Waals surface area (Å²) in [6, 6.07) is 10.0. The largest absolute Gasteiger partial charge is 0.462 e. The fraction of sp³-hybridized carbons (Fsp3) is 0.700. The number of benzene rings is 1. The van der Waals surface area contributed by atoms with Crippen molar-refractivity contribution in [3.8, 4) is 5.75 Å². The summed E-state index contributed by atoms with van der Waals surface area (Å²) in [7, 11) is 0. The molecule has 0 radical (unpaired) electrons. The first-order valence-electron chi connectivity index (χ1n) is 9.24. The van der Waals surface area contributed by atoms with Gasteiger partial charge in [0, 0.05) is 12.8 Å². The highest BCUT2D eigenvalue weighted by Crippen LogP contribution is 2.32. The highest BCUT2D eigenvalue weighted by Gasteiger charge is 2.37. The molecule has 3 heteroatoms. The van der Waals surface area contributed by atoms with Crippen LogP contribution >= 0.6 is 0 Å². The number of ether oxygens (including phenoxy) is 3. The Balaban J connectivity index is 1.93. The molecule has 23 heavy (non-hydrogen) atoms. The van der Waals surface area contributed by atoms with E-state index in [9.17, 15) is 0 Å². The quantitative estimate of drug-likeness (QED) is 0.575. The Hall–Kier alpha value is -1.06. The maximum atomic E-state index is 6.32. The molecule has 1 aliphatic heterocycles. The molecule has 1 aromatic carbocycles. The second-order valence-electron chi connectivity index (χ2n) is 6.58. The van der Waals surface area contributed by atoms with Crippen molar-refractivity contribution in [2.24, 2.45) is 0 Å². The summed E-state index contributed by atoms with van der Waals surface area (Å²) in [5.41, 5.74) is 0. The van der Waals surface area contributed by atoms with E-state index in [0.717, 1.165) is 25.0 Å². The van der Waals surface area contributed by atoms with Crippen LogP contribution in [0.4, 0.5) is 0 Å². The Morgan fingerprint density at radius 3 is 2.57 bits per heavy atom. The smallest absolute Gasteiger partial charge is 0.213 e. The van der Waals surface area contributed by atoms with E-state index in [0.29, 0.717) is 13.2 Å². The zero-order valence-corrected chi connectivity index (χ0v) is 14.8. The molecular formula is C20H32O3. The zero-order chi connectivity index (χ0) is 16.4. The molecule has 1 saturated heterocycles. The molecule has 0 amide bonds. The standard InChI is InChI=1S/C20H32O3/c1-3-4-5-6-7-11-14-20(17-18(2)21-15-16-22-20)23-19-12-9-8-10-13-19/h8-10,12-13,18H,3-7,11,14-17H2,1-2H3. The van der Waals surface area contributed by atoms with Crippen molar-refractivity contribution >= 4 is 0 Å². The maximum Gasteiger partial charge on any atom is 0.213 e. The van der Waals surface area contributed by atoms with Gasteiger partial charge < -0.3 is 14.2 Å². The lowest BCUT2D eigenvalue weighted by Crippen LogP contribution is -2.41. The van der Waals surface area contributed by atoms with Crippen LogP contribution in [-0.2, 0) is 9.47 Å². The van der Waals surface area contributed by atoms with Gasteiger partial charge in [0.05, 0.1) is 19.3 Å². The summed E-state index contributed by atoms with van der Waals surface area (Å²) in [5.74, 6) is 0.342.